The Bertz CT molecular complexity index is 639. The molecular formula is C16H20N2O. The molecule has 0 amide bonds. The SMILES string of the molecule is Cc1ccc2cc(CC3CCNCC3)c(=O)[nH]c2c1. The van der Waals surface area contributed by atoms with Gasteiger partial charge in [0.15, 0.2) is 0 Å². The lowest BCUT2D eigenvalue weighted by Gasteiger charge is -2.22. The lowest BCUT2D eigenvalue weighted by molar-refractivity contribution is 0.372. The lowest BCUT2D eigenvalue weighted by atomic mass is 9.91. The molecule has 0 aliphatic carbocycles. The third kappa shape index (κ3) is 2.71. The fraction of sp³-hybridized carbons (Fsp3) is 0.438. The molecule has 1 aliphatic rings. The average molecular weight is 256 g/mol. The number of aryl methyl sites for hydroxylation is 1. The second kappa shape index (κ2) is 5.17. The van der Waals surface area contributed by atoms with Gasteiger partial charge < -0.3 is 10.3 Å². The van der Waals surface area contributed by atoms with Crippen molar-refractivity contribution in [2.75, 3.05) is 13.1 Å². The number of hydrogen-bond acceptors (Lipinski definition) is 2. The summed E-state index contributed by atoms with van der Waals surface area (Å²) in [6, 6.07) is 8.28. The van der Waals surface area contributed by atoms with E-state index in [2.05, 4.69) is 28.5 Å². The number of piperidine rings is 1. The minimum absolute atomic E-state index is 0.0802. The summed E-state index contributed by atoms with van der Waals surface area (Å²) in [5, 5.41) is 4.50. The van der Waals surface area contributed by atoms with Crippen LogP contribution in [0.2, 0.25) is 0 Å². The zero-order valence-electron chi connectivity index (χ0n) is 11.3. The first-order chi connectivity index (χ1) is 9.22. The van der Waals surface area contributed by atoms with Crippen molar-refractivity contribution in [3.8, 4) is 0 Å². The molecule has 3 heteroatoms. The summed E-state index contributed by atoms with van der Waals surface area (Å²) in [6.07, 6.45) is 3.25. The highest BCUT2D eigenvalue weighted by atomic mass is 16.1. The van der Waals surface area contributed by atoms with Crippen molar-refractivity contribution in [2.24, 2.45) is 5.92 Å². The van der Waals surface area contributed by atoms with E-state index in [0.29, 0.717) is 5.92 Å². The first-order valence-electron chi connectivity index (χ1n) is 7.05. The summed E-state index contributed by atoms with van der Waals surface area (Å²) in [5.74, 6) is 0.644. The van der Waals surface area contributed by atoms with E-state index in [1.165, 1.54) is 18.4 Å². The topological polar surface area (TPSA) is 44.9 Å². The summed E-state index contributed by atoms with van der Waals surface area (Å²) in [6.45, 7) is 4.20. The van der Waals surface area contributed by atoms with Gasteiger partial charge in [-0.3, -0.25) is 4.79 Å². The number of aromatic nitrogens is 1. The number of H-pyrrole nitrogens is 1. The summed E-state index contributed by atoms with van der Waals surface area (Å²) in [7, 11) is 0. The zero-order chi connectivity index (χ0) is 13.2. The van der Waals surface area contributed by atoms with E-state index in [4.69, 9.17) is 0 Å². The quantitative estimate of drug-likeness (QED) is 0.866. The maximum atomic E-state index is 12.1. The Morgan fingerprint density at radius 3 is 2.79 bits per heavy atom. The molecule has 1 saturated heterocycles. The summed E-state index contributed by atoms with van der Waals surface area (Å²) >= 11 is 0. The number of pyridine rings is 1. The zero-order valence-corrected chi connectivity index (χ0v) is 11.3. The molecule has 2 aromatic rings. The summed E-state index contributed by atoms with van der Waals surface area (Å²) in [4.78, 5) is 15.2. The van der Waals surface area contributed by atoms with E-state index >= 15 is 0 Å². The summed E-state index contributed by atoms with van der Waals surface area (Å²) < 4.78 is 0. The normalized spacial score (nSPS) is 16.9. The number of benzene rings is 1. The van der Waals surface area contributed by atoms with Crippen LogP contribution in [0.1, 0.15) is 24.0 Å². The van der Waals surface area contributed by atoms with Crippen molar-refractivity contribution in [3.05, 3.63) is 45.7 Å². The Kier molecular flexibility index (Phi) is 3.38. The van der Waals surface area contributed by atoms with Crippen LogP contribution in [0.3, 0.4) is 0 Å². The van der Waals surface area contributed by atoms with E-state index in [-0.39, 0.29) is 5.56 Å². The Morgan fingerprint density at radius 2 is 2.00 bits per heavy atom. The van der Waals surface area contributed by atoms with Gasteiger partial charge in [0.1, 0.15) is 0 Å². The smallest absolute Gasteiger partial charge is 0.251 e. The third-order valence-electron chi connectivity index (χ3n) is 4.05. The molecule has 0 spiro atoms. The molecule has 3 rings (SSSR count). The molecule has 1 aromatic carbocycles. The Hall–Kier alpha value is -1.61. The van der Waals surface area contributed by atoms with E-state index in [0.717, 1.165) is 36.0 Å². The fourth-order valence-corrected chi connectivity index (χ4v) is 2.91. The molecule has 0 atom stereocenters. The van der Waals surface area contributed by atoms with Crippen LogP contribution < -0.4 is 10.9 Å². The molecule has 1 aromatic heterocycles. The van der Waals surface area contributed by atoms with Gasteiger partial charge in [0.05, 0.1) is 0 Å². The van der Waals surface area contributed by atoms with Crippen molar-refractivity contribution in [1.82, 2.24) is 10.3 Å². The maximum absolute atomic E-state index is 12.1. The lowest BCUT2D eigenvalue weighted by Crippen LogP contribution is -2.29. The molecule has 1 aliphatic heterocycles. The molecule has 0 bridgehead atoms. The predicted molar refractivity (Wildman–Crippen MR) is 78.6 cm³/mol. The van der Waals surface area contributed by atoms with Crippen LogP contribution in [0.25, 0.3) is 10.9 Å². The molecule has 1 fully saturated rings. The van der Waals surface area contributed by atoms with Crippen molar-refractivity contribution in [1.29, 1.82) is 0 Å². The molecule has 2 N–H and O–H groups in total. The predicted octanol–water partition coefficient (Wildman–Crippen LogP) is 2.38. The average Bonchev–Trinajstić information content (AvgIpc) is 2.41. The first kappa shape index (κ1) is 12.4. The Labute approximate surface area is 113 Å². The number of fused-ring (bicyclic) bond motifs is 1. The standard InChI is InChI=1S/C16H20N2O/c1-11-2-3-13-10-14(16(19)18-15(13)8-11)9-12-4-6-17-7-5-12/h2-3,8,10,12,17H,4-7,9H2,1H3,(H,18,19). The van der Waals surface area contributed by atoms with Gasteiger partial charge in [-0.05, 0) is 68.3 Å². The number of nitrogens with one attached hydrogen (secondary N) is 2. The van der Waals surface area contributed by atoms with E-state index in [9.17, 15) is 4.79 Å². The maximum Gasteiger partial charge on any atom is 0.251 e. The molecular weight excluding hydrogens is 236 g/mol. The Morgan fingerprint density at radius 1 is 1.21 bits per heavy atom. The van der Waals surface area contributed by atoms with Gasteiger partial charge in [-0.15, -0.1) is 0 Å². The molecule has 3 nitrogen and oxygen atoms in total. The van der Waals surface area contributed by atoms with E-state index in [1.807, 2.05) is 13.0 Å². The monoisotopic (exact) mass is 256 g/mol. The van der Waals surface area contributed by atoms with Crippen molar-refractivity contribution in [3.63, 3.8) is 0 Å². The third-order valence-corrected chi connectivity index (χ3v) is 4.05. The number of rotatable bonds is 2. The van der Waals surface area contributed by atoms with Gasteiger partial charge in [0.25, 0.3) is 5.56 Å². The van der Waals surface area contributed by atoms with Crippen molar-refractivity contribution in [2.45, 2.75) is 26.2 Å². The molecule has 2 heterocycles. The van der Waals surface area contributed by atoms with Crippen molar-refractivity contribution >= 4 is 10.9 Å². The van der Waals surface area contributed by atoms with E-state index < -0.39 is 0 Å². The first-order valence-corrected chi connectivity index (χ1v) is 7.05. The van der Waals surface area contributed by atoms with Crippen molar-refractivity contribution < 1.29 is 0 Å². The van der Waals surface area contributed by atoms with Gasteiger partial charge in [-0.1, -0.05) is 12.1 Å². The minimum atomic E-state index is 0.0802. The van der Waals surface area contributed by atoms with Crippen LogP contribution >= 0.6 is 0 Å². The fourth-order valence-electron chi connectivity index (χ4n) is 2.91. The highest BCUT2D eigenvalue weighted by Crippen LogP contribution is 2.19. The van der Waals surface area contributed by atoms with E-state index in [1.54, 1.807) is 0 Å². The van der Waals surface area contributed by atoms with Gasteiger partial charge in [0.2, 0.25) is 0 Å². The highest BCUT2D eigenvalue weighted by molar-refractivity contribution is 5.79. The van der Waals surface area contributed by atoms with Gasteiger partial charge in [0, 0.05) is 11.1 Å². The second-order valence-corrected chi connectivity index (χ2v) is 5.61. The van der Waals surface area contributed by atoms with Crippen LogP contribution in [0, 0.1) is 12.8 Å². The van der Waals surface area contributed by atoms with Gasteiger partial charge >= 0.3 is 0 Å². The number of aromatic amines is 1. The van der Waals surface area contributed by atoms with Gasteiger partial charge in [-0.25, -0.2) is 0 Å². The largest absolute Gasteiger partial charge is 0.322 e. The highest BCUT2D eigenvalue weighted by Gasteiger charge is 2.15. The van der Waals surface area contributed by atoms with Crippen LogP contribution in [0.15, 0.2) is 29.1 Å². The molecule has 19 heavy (non-hydrogen) atoms. The second-order valence-electron chi connectivity index (χ2n) is 5.61. The minimum Gasteiger partial charge on any atom is -0.322 e. The molecule has 0 radical (unpaired) electrons. The van der Waals surface area contributed by atoms with Crippen LogP contribution in [-0.4, -0.2) is 18.1 Å². The van der Waals surface area contributed by atoms with Gasteiger partial charge in [-0.2, -0.15) is 0 Å². The Balaban J connectivity index is 1.92. The molecule has 0 saturated carbocycles. The van der Waals surface area contributed by atoms with Crippen LogP contribution in [-0.2, 0) is 6.42 Å². The van der Waals surface area contributed by atoms with Crippen LogP contribution in [0.5, 0.6) is 0 Å². The summed E-state index contributed by atoms with van der Waals surface area (Å²) in [5.41, 5.74) is 3.13. The molecule has 100 valence electrons. The molecule has 0 unspecified atom stereocenters. The van der Waals surface area contributed by atoms with Crippen LogP contribution in [0.4, 0.5) is 0 Å². The number of hydrogen-bond donors (Lipinski definition) is 2.